The van der Waals surface area contributed by atoms with Crippen molar-refractivity contribution in [1.29, 1.82) is 0 Å². The van der Waals surface area contributed by atoms with Gasteiger partial charge in [0.2, 0.25) is 21.8 Å². The van der Waals surface area contributed by atoms with E-state index in [9.17, 15) is 31.2 Å². The Balaban J connectivity index is 2.16. The monoisotopic (exact) mass is 415 g/mol. The predicted octanol–water partition coefficient (Wildman–Crippen LogP) is 2.11. The normalized spacial score (nSPS) is 13.0. The molecular formula is C17H16F3N3O4S. The van der Waals surface area contributed by atoms with Crippen LogP contribution in [0.4, 0.5) is 18.9 Å². The van der Waals surface area contributed by atoms with Crippen molar-refractivity contribution in [2.24, 2.45) is 5.73 Å². The molecule has 0 saturated carbocycles. The second-order valence-electron chi connectivity index (χ2n) is 5.77. The largest absolute Gasteiger partial charge is 0.417 e. The van der Waals surface area contributed by atoms with Crippen LogP contribution in [-0.4, -0.2) is 26.3 Å². The van der Waals surface area contributed by atoms with Gasteiger partial charge in [0.05, 0.1) is 16.5 Å². The average Bonchev–Trinajstić information content (AvgIpc) is 2.61. The highest BCUT2D eigenvalue weighted by atomic mass is 32.2. The second kappa shape index (κ2) is 7.98. The van der Waals surface area contributed by atoms with Crippen LogP contribution in [0.25, 0.3) is 0 Å². The van der Waals surface area contributed by atoms with Crippen LogP contribution in [0.1, 0.15) is 22.8 Å². The third-order valence-electron chi connectivity index (χ3n) is 3.64. The first-order valence-electron chi connectivity index (χ1n) is 7.81. The van der Waals surface area contributed by atoms with Gasteiger partial charge < -0.3 is 11.1 Å². The van der Waals surface area contributed by atoms with Gasteiger partial charge in [0, 0.05) is 11.3 Å². The Morgan fingerprint density at radius 3 is 2.14 bits per heavy atom. The van der Waals surface area contributed by atoms with Crippen LogP contribution in [0.15, 0.2) is 53.4 Å². The molecule has 0 radical (unpaired) electrons. The summed E-state index contributed by atoms with van der Waals surface area (Å²) >= 11 is 0. The van der Waals surface area contributed by atoms with Crippen LogP contribution < -0.4 is 15.8 Å². The van der Waals surface area contributed by atoms with Gasteiger partial charge in [-0.1, -0.05) is 12.1 Å². The molecule has 2 aromatic rings. The Morgan fingerprint density at radius 2 is 1.61 bits per heavy atom. The van der Waals surface area contributed by atoms with Crippen LogP contribution in [0, 0.1) is 0 Å². The number of amides is 2. The number of carbonyl (C=O) groups excluding carboxylic acids is 2. The fraction of sp³-hybridized carbons (Fsp3) is 0.176. The first-order chi connectivity index (χ1) is 12.9. The molecule has 2 rings (SSSR count). The maximum absolute atomic E-state index is 13.0. The van der Waals surface area contributed by atoms with Crippen molar-refractivity contribution in [2.45, 2.75) is 24.0 Å². The second-order valence-corrected chi connectivity index (χ2v) is 7.45. The average molecular weight is 415 g/mol. The van der Waals surface area contributed by atoms with Gasteiger partial charge in [0.1, 0.15) is 0 Å². The summed E-state index contributed by atoms with van der Waals surface area (Å²) in [5.41, 5.74) is 4.21. The molecule has 0 heterocycles. The molecule has 1 unspecified atom stereocenters. The molecular weight excluding hydrogens is 399 g/mol. The van der Waals surface area contributed by atoms with Crippen molar-refractivity contribution in [1.82, 2.24) is 4.72 Å². The van der Waals surface area contributed by atoms with E-state index < -0.39 is 44.5 Å². The van der Waals surface area contributed by atoms with Crippen molar-refractivity contribution in [3.05, 3.63) is 59.7 Å². The van der Waals surface area contributed by atoms with Gasteiger partial charge in [0.15, 0.2) is 0 Å². The van der Waals surface area contributed by atoms with Crippen molar-refractivity contribution in [3.63, 3.8) is 0 Å². The number of hydrogen-bond acceptors (Lipinski definition) is 4. The maximum atomic E-state index is 13.0. The summed E-state index contributed by atoms with van der Waals surface area (Å²) < 4.78 is 65.8. The molecule has 0 aromatic heterocycles. The summed E-state index contributed by atoms with van der Waals surface area (Å²) in [6.07, 6.45) is -4.88. The highest BCUT2D eigenvalue weighted by molar-refractivity contribution is 7.89. The molecule has 0 aliphatic rings. The number of nitrogens with one attached hydrogen (secondary N) is 2. The Morgan fingerprint density at radius 1 is 1.04 bits per heavy atom. The predicted molar refractivity (Wildman–Crippen MR) is 94.8 cm³/mol. The zero-order valence-corrected chi connectivity index (χ0v) is 15.3. The van der Waals surface area contributed by atoms with Gasteiger partial charge in [0.25, 0.3) is 0 Å². The van der Waals surface area contributed by atoms with Crippen LogP contribution in [0.5, 0.6) is 0 Å². The first-order valence-corrected chi connectivity index (χ1v) is 9.29. The van der Waals surface area contributed by atoms with E-state index >= 15 is 0 Å². The highest BCUT2D eigenvalue weighted by Gasteiger charge is 2.37. The van der Waals surface area contributed by atoms with E-state index in [0.29, 0.717) is 6.07 Å². The minimum atomic E-state index is -4.88. The molecule has 0 aliphatic heterocycles. The Bertz CT molecular complexity index is 989. The number of anilines is 1. The minimum absolute atomic E-state index is 0.204. The van der Waals surface area contributed by atoms with Crippen molar-refractivity contribution >= 4 is 27.5 Å². The van der Waals surface area contributed by atoms with E-state index in [-0.39, 0.29) is 11.3 Å². The molecule has 0 aliphatic carbocycles. The number of hydrogen-bond donors (Lipinski definition) is 3. The zero-order chi connectivity index (χ0) is 21.1. The number of benzene rings is 2. The summed E-state index contributed by atoms with van der Waals surface area (Å²) in [4.78, 5) is 22.2. The molecule has 28 heavy (non-hydrogen) atoms. The molecule has 7 nitrogen and oxygen atoms in total. The van der Waals surface area contributed by atoms with Gasteiger partial charge in [-0.25, -0.2) is 8.42 Å². The topological polar surface area (TPSA) is 118 Å². The number of rotatable bonds is 6. The summed E-state index contributed by atoms with van der Waals surface area (Å²) in [7, 11) is -4.62. The molecule has 0 saturated heterocycles. The molecule has 2 amide bonds. The van der Waals surface area contributed by atoms with E-state index in [1.165, 1.54) is 31.2 Å². The molecule has 4 N–H and O–H groups in total. The summed E-state index contributed by atoms with van der Waals surface area (Å²) in [6, 6.07) is 7.73. The quantitative estimate of drug-likeness (QED) is 0.670. The van der Waals surface area contributed by atoms with Crippen LogP contribution >= 0.6 is 0 Å². The Kier molecular flexibility index (Phi) is 6.10. The highest BCUT2D eigenvalue weighted by Crippen LogP contribution is 2.33. The van der Waals surface area contributed by atoms with E-state index in [0.717, 1.165) is 18.2 Å². The maximum Gasteiger partial charge on any atom is 0.417 e. The van der Waals surface area contributed by atoms with Gasteiger partial charge in [-0.05, 0) is 43.3 Å². The SMILES string of the molecule is CC(NS(=O)(=O)c1ccccc1C(F)(F)F)C(=O)Nc1ccc(C(N)=O)cc1. The standard InChI is InChI=1S/C17H16F3N3O4S/c1-10(16(25)22-12-8-6-11(7-9-12)15(21)24)23-28(26,27)14-5-3-2-4-13(14)17(18,19)20/h2-10,23H,1H3,(H2,21,24)(H,22,25). The number of primary amides is 1. The number of sulfonamides is 1. The lowest BCUT2D eigenvalue weighted by Crippen LogP contribution is -2.42. The Hall–Kier alpha value is -2.92. The van der Waals surface area contributed by atoms with E-state index in [2.05, 4.69) is 5.32 Å². The number of alkyl halides is 3. The van der Waals surface area contributed by atoms with Crippen LogP contribution in [0.3, 0.4) is 0 Å². The molecule has 11 heteroatoms. The lowest BCUT2D eigenvalue weighted by Gasteiger charge is -2.17. The van der Waals surface area contributed by atoms with Gasteiger partial charge in [-0.3, -0.25) is 9.59 Å². The van der Waals surface area contributed by atoms with Crippen molar-refractivity contribution in [3.8, 4) is 0 Å². The smallest absolute Gasteiger partial charge is 0.366 e. The fourth-order valence-corrected chi connectivity index (χ4v) is 3.68. The van der Waals surface area contributed by atoms with Crippen molar-refractivity contribution in [2.75, 3.05) is 5.32 Å². The fourth-order valence-electron chi connectivity index (χ4n) is 2.25. The third-order valence-corrected chi connectivity index (χ3v) is 5.24. The van der Waals surface area contributed by atoms with E-state index in [1.807, 2.05) is 4.72 Å². The van der Waals surface area contributed by atoms with E-state index in [1.54, 1.807) is 0 Å². The lowest BCUT2D eigenvalue weighted by molar-refractivity contribution is -0.139. The third kappa shape index (κ3) is 5.08. The number of nitrogens with two attached hydrogens (primary N) is 1. The summed E-state index contributed by atoms with van der Waals surface area (Å²) in [6.45, 7) is 1.18. The molecule has 2 aromatic carbocycles. The first kappa shape index (κ1) is 21.4. The lowest BCUT2D eigenvalue weighted by atomic mass is 10.2. The van der Waals surface area contributed by atoms with Crippen molar-refractivity contribution < 1.29 is 31.2 Å². The molecule has 1 atom stereocenters. The van der Waals surface area contributed by atoms with Crippen LogP contribution in [0.2, 0.25) is 0 Å². The van der Waals surface area contributed by atoms with E-state index in [4.69, 9.17) is 5.73 Å². The molecule has 0 fully saturated rings. The Labute approximate surface area is 158 Å². The number of halogens is 3. The summed E-state index contributed by atoms with van der Waals surface area (Å²) in [5.74, 6) is -1.47. The molecule has 0 bridgehead atoms. The van der Waals surface area contributed by atoms with Gasteiger partial charge in [-0.2, -0.15) is 17.9 Å². The van der Waals surface area contributed by atoms with Crippen LogP contribution in [-0.2, 0) is 21.0 Å². The van der Waals surface area contributed by atoms with Gasteiger partial charge in [-0.15, -0.1) is 0 Å². The minimum Gasteiger partial charge on any atom is -0.366 e. The van der Waals surface area contributed by atoms with Gasteiger partial charge >= 0.3 is 6.18 Å². The molecule has 150 valence electrons. The summed E-state index contributed by atoms with van der Waals surface area (Å²) in [5, 5.41) is 2.39. The molecule has 0 spiro atoms. The number of carbonyl (C=O) groups is 2. The zero-order valence-electron chi connectivity index (χ0n) is 14.4.